The molecule has 0 aliphatic carbocycles. The number of carbonyl (C=O) groups excluding carboxylic acids is 5. The number of hydrogen-bond acceptors (Lipinski definition) is 7. The maximum Gasteiger partial charge on any atom is 0.245 e. The number of nitrogens with zero attached hydrogens (tertiary/aromatic N) is 1. The number of rotatable bonds is 18. The molecule has 0 aromatic heterocycles. The normalized spacial score (nSPS) is 12.3. The molecular formula is C26H40N4O5S. The van der Waals surface area contributed by atoms with Gasteiger partial charge in [-0.15, -0.1) is 0 Å². The molecule has 1 aromatic carbocycles. The van der Waals surface area contributed by atoms with Crippen LogP contribution in [-0.4, -0.2) is 78.5 Å². The number of benzene rings is 1. The summed E-state index contributed by atoms with van der Waals surface area (Å²) in [5.74, 6) is -0.321. The largest absolute Gasteiger partial charge is 0.345 e. The molecule has 200 valence electrons. The summed E-state index contributed by atoms with van der Waals surface area (Å²) in [7, 11) is 1.65. The number of nitrogens with one attached hydrogen (secondary N) is 3. The molecule has 1 rings (SSSR count). The van der Waals surface area contributed by atoms with Crippen molar-refractivity contribution in [1.82, 2.24) is 20.9 Å². The molecule has 2 unspecified atom stereocenters. The highest BCUT2D eigenvalue weighted by Crippen LogP contribution is 2.10. The van der Waals surface area contributed by atoms with Gasteiger partial charge in [0, 0.05) is 25.6 Å². The molecule has 3 N–H and O–H groups in total. The van der Waals surface area contributed by atoms with Crippen LogP contribution in [0.5, 0.6) is 0 Å². The highest BCUT2D eigenvalue weighted by atomic mass is 32.2. The smallest absolute Gasteiger partial charge is 0.245 e. The number of likely N-dealkylation sites (N-methyl/N-ethyl adjacent to an activating group) is 1. The SMILES string of the molecule is CCCN(CC(=O)NC(C=O)CCCCCSC(C)=O)C(=O)C(Cc1ccccc1)NC(=O)CNC. The van der Waals surface area contributed by atoms with Crippen LogP contribution in [0.15, 0.2) is 30.3 Å². The van der Waals surface area contributed by atoms with Gasteiger partial charge in [0.05, 0.1) is 19.1 Å². The van der Waals surface area contributed by atoms with Crippen molar-refractivity contribution < 1.29 is 24.0 Å². The molecule has 0 fully saturated rings. The van der Waals surface area contributed by atoms with E-state index < -0.39 is 18.0 Å². The van der Waals surface area contributed by atoms with Gasteiger partial charge in [-0.05, 0) is 31.9 Å². The van der Waals surface area contributed by atoms with Gasteiger partial charge in [0.25, 0.3) is 0 Å². The van der Waals surface area contributed by atoms with E-state index >= 15 is 0 Å². The zero-order valence-corrected chi connectivity index (χ0v) is 22.4. The molecule has 0 bridgehead atoms. The van der Waals surface area contributed by atoms with Crippen LogP contribution < -0.4 is 16.0 Å². The maximum atomic E-state index is 13.4. The van der Waals surface area contributed by atoms with Gasteiger partial charge in [-0.3, -0.25) is 19.2 Å². The van der Waals surface area contributed by atoms with Crippen LogP contribution in [-0.2, 0) is 30.4 Å². The third-order valence-electron chi connectivity index (χ3n) is 5.37. The summed E-state index contributed by atoms with van der Waals surface area (Å²) < 4.78 is 0. The van der Waals surface area contributed by atoms with E-state index in [-0.39, 0.29) is 30.0 Å². The Morgan fingerprint density at radius 2 is 1.75 bits per heavy atom. The second kappa shape index (κ2) is 18.5. The summed E-state index contributed by atoms with van der Waals surface area (Å²) in [4.78, 5) is 62.3. The zero-order valence-electron chi connectivity index (χ0n) is 21.6. The fourth-order valence-electron chi connectivity index (χ4n) is 3.67. The first kappa shape index (κ1) is 31.3. The highest BCUT2D eigenvalue weighted by Gasteiger charge is 2.27. The second-order valence-electron chi connectivity index (χ2n) is 8.60. The van der Waals surface area contributed by atoms with Crippen molar-refractivity contribution in [3.05, 3.63) is 35.9 Å². The molecule has 0 saturated carbocycles. The van der Waals surface area contributed by atoms with E-state index in [9.17, 15) is 24.0 Å². The molecule has 9 nitrogen and oxygen atoms in total. The molecule has 36 heavy (non-hydrogen) atoms. The lowest BCUT2D eigenvalue weighted by molar-refractivity contribution is -0.139. The topological polar surface area (TPSA) is 125 Å². The van der Waals surface area contributed by atoms with Crippen LogP contribution in [0.3, 0.4) is 0 Å². The fraction of sp³-hybridized carbons (Fsp3) is 0.577. The zero-order chi connectivity index (χ0) is 26.8. The van der Waals surface area contributed by atoms with E-state index in [1.54, 1.807) is 7.05 Å². The van der Waals surface area contributed by atoms with Gasteiger partial charge in [-0.1, -0.05) is 61.9 Å². The number of hydrogen-bond donors (Lipinski definition) is 3. The summed E-state index contributed by atoms with van der Waals surface area (Å²) >= 11 is 1.28. The molecule has 1 aromatic rings. The molecule has 0 heterocycles. The summed E-state index contributed by atoms with van der Waals surface area (Å²) in [6.07, 6.45) is 4.62. The summed E-state index contributed by atoms with van der Waals surface area (Å²) in [6, 6.07) is 7.93. The van der Waals surface area contributed by atoms with Crippen molar-refractivity contribution in [3.63, 3.8) is 0 Å². The Morgan fingerprint density at radius 3 is 2.36 bits per heavy atom. The monoisotopic (exact) mass is 520 g/mol. The molecular weight excluding hydrogens is 480 g/mol. The average Bonchev–Trinajstić information content (AvgIpc) is 2.84. The average molecular weight is 521 g/mol. The minimum Gasteiger partial charge on any atom is -0.345 e. The third-order valence-corrected chi connectivity index (χ3v) is 6.27. The molecule has 3 amide bonds. The Kier molecular flexibility index (Phi) is 16.1. The predicted molar refractivity (Wildman–Crippen MR) is 142 cm³/mol. The lowest BCUT2D eigenvalue weighted by Gasteiger charge is -2.28. The Balaban J connectivity index is 2.74. The predicted octanol–water partition coefficient (Wildman–Crippen LogP) is 1.70. The standard InChI is InChI=1S/C26H40N4O5S/c1-4-14-30(18-25(34)28-22(19-31)13-9-6-10-15-36-20(2)32)26(35)23(29-24(33)17-27-3)16-21-11-7-5-8-12-21/h5,7-8,11-12,19,22-23,27H,4,6,9-10,13-18H2,1-3H3,(H,28,34)(H,29,33). The van der Waals surface area contributed by atoms with Gasteiger partial charge in [-0.2, -0.15) is 0 Å². The van der Waals surface area contributed by atoms with Crippen molar-refractivity contribution in [2.24, 2.45) is 0 Å². The lowest BCUT2D eigenvalue weighted by Crippen LogP contribution is -2.54. The second-order valence-corrected chi connectivity index (χ2v) is 9.87. The van der Waals surface area contributed by atoms with E-state index in [0.29, 0.717) is 32.1 Å². The lowest BCUT2D eigenvalue weighted by atomic mass is 10.0. The molecule has 10 heteroatoms. The van der Waals surface area contributed by atoms with Crippen LogP contribution in [0.25, 0.3) is 0 Å². The Hall–Kier alpha value is -2.72. The Morgan fingerprint density at radius 1 is 1.03 bits per heavy atom. The van der Waals surface area contributed by atoms with Gasteiger partial charge in [0.1, 0.15) is 12.3 Å². The van der Waals surface area contributed by atoms with Crippen LogP contribution in [0.4, 0.5) is 0 Å². The molecule has 0 aliphatic rings. The number of amides is 3. The van der Waals surface area contributed by atoms with Crippen LogP contribution >= 0.6 is 11.8 Å². The molecule has 0 radical (unpaired) electrons. The van der Waals surface area contributed by atoms with Crippen molar-refractivity contribution in [1.29, 1.82) is 0 Å². The Labute approximate surface area is 218 Å². The third kappa shape index (κ3) is 13.4. The number of thioether (sulfide) groups is 1. The molecule has 2 atom stereocenters. The van der Waals surface area contributed by atoms with Crippen molar-refractivity contribution >= 4 is 40.9 Å². The molecule has 0 spiro atoms. The van der Waals surface area contributed by atoms with Crippen molar-refractivity contribution in [2.75, 3.05) is 32.4 Å². The van der Waals surface area contributed by atoms with Gasteiger partial charge in [0.15, 0.2) is 5.12 Å². The quantitative estimate of drug-likeness (QED) is 0.199. The fourth-order valence-corrected chi connectivity index (χ4v) is 4.31. The summed E-state index contributed by atoms with van der Waals surface area (Å²) in [5.41, 5.74) is 0.893. The summed E-state index contributed by atoms with van der Waals surface area (Å²) in [5, 5.41) is 8.35. The van der Waals surface area contributed by atoms with Crippen LogP contribution in [0.2, 0.25) is 0 Å². The van der Waals surface area contributed by atoms with E-state index in [4.69, 9.17) is 0 Å². The number of carbonyl (C=O) groups is 5. The highest BCUT2D eigenvalue weighted by molar-refractivity contribution is 8.13. The first-order valence-electron chi connectivity index (χ1n) is 12.4. The van der Waals surface area contributed by atoms with E-state index in [0.717, 1.165) is 30.6 Å². The van der Waals surface area contributed by atoms with Gasteiger partial charge < -0.3 is 25.6 Å². The number of aldehydes is 1. The maximum absolute atomic E-state index is 13.4. The number of unbranched alkanes of at least 4 members (excludes halogenated alkanes) is 2. The summed E-state index contributed by atoms with van der Waals surface area (Å²) in [6.45, 7) is 3.66. The van der Waals surface area contributed by atoms with Crippen molar-refractivity contribution in [2.45, 2.75) is 64.5 Å². The van der Waals surface area contributed by atoms with Gasteiger partial charge >= 0.3 is 0 Å². The minimum absolute atomic E-state index is 0.0707. The van der Waals surface area contributed by atoms with Crippen molar-refractivity contribution in [3.8, 4) is 0 Å². The van der Waals surface area contributed by atoms with E-state index in [2.05, 4.69) is 16.0 Å². The first-order chi connectivity index (χ1) is 17.3. The van der Waals surface area contributed by atoms with Crippen LogP contribution in [0, 0.1) is 0 Å². The van der Waals surface area contributed by atoms with Gasteiger partial charge in [-0.25, -0.2) is 0 Å². The molecule has 0 saturated heterocycles. The van der Waals surface area contributed by atoms with E-state index in [1.165, 1.54) is 23.6 Å². The van der Waals surface area contributed by atoms with E-state index in [1.807, 2.05) is 37.3 Å². The minimum atomic E-state index is -0.817. The molecule has 0 aliphatic heterocycles. The van der Waals surface area contributed by atoms with Gasteiger partial charge in [0.2, 0.25) is 17.7 Å². The Bertz CT molecular complexity index is 837. The van der Waals surface area contributed by atoms with Crippen LogP contribution in [0.1, 0.15) is 51.5 Å². The first-order valence-corrected chi connectivity index (χ1v) is 13.4.